The molecule has 2 saturated heterocycles. The molecular weight excluding hydrogens is 419 g/mol. The Kier molecular flexibility index (Phi) is 7.34. The van der Waals surface area contributed by atoms with E-state index in [1.165, 1.54) is 11.9 Å². The van der Waals surface area contributed by atoms with Crippen molar-refractivity contribution >= 4 is 41.0 Å². The van der Waals surface area contributed by atoms with Gasteiger partial charge in [0.25, 0.3) is 0 Å². The van der Waals surface area contributed by atoms with Gasteiger partial charge < -0.3 is 15.0 Å². The molecule has 4 amide bonds. The topological polar surface area (TPSA) is 82.2 Å². The predicted molar refractivity (Wildman–Crippen MR) is 109 cm³/mol. The summed E-state index contributed by atoms with van der Waals surface area (Å²) in [6, 6.07) is 5.23. The third-order valence-electron chi connectivity index (χ3n) is 5.01. The molecule has 1 N–H and O–H groups in total. The fraction of sp³-hybridized carbons (Fsp3) is 0.526. The van der Waals surface area contributed by atoms with E-state index in [9.17, 15) is 14.4 Å². The lowest BCUT2D eigenvalue weighted by Gasteiger charge is -2.33. The summed E-state index contributed by atoms with van der Waals surface area (Å²) in [4.78, 5) is 40.1. The van der Waals surface area contributed by atoms with Crippen molar-refractivity contribution < 1.29 is 19.1 Å². The van der Waals surface area contributed by atoms with Gasteiger partial charge in [-0.3, -0.25) is 19.4 Å². The van der Waals surface area contributed by atoms with Gasteiger partial charge in [0.1, 0.15) is 6.54 Å². The molecule has 3 rings (SSSR count). The van der Waals surface area contributed by atoms with Crippen molar-refractivity contribution in [3.8, 4) is 0 Å². The fourth-order valence-corrected chi connectivity index (χ4v) is 3.65. The standard InChI is InChI=1S/C19H24Cl2N4O4/c1-23-18(27)12-25(19(23)28)5-4-17(26)22-9-14-11-24(6-7-29-14)10-13-2-3-15(20)16(21)8-13/h2-3,8,14H,4-7,9-12H2,1H3,(H,22,26)/t14-/m0/s1. The Hall–Kier alpha value is -1.87. The van der Waals surface area contributed by atoms with Crippen LogP contribution in [0.4, 0.5) is 4.79 Å². The van der Waals surface area contributed by atoms with Crippen LogP contribution in [0, 0.1) is 0 Å². The Morgan fingerprint density at radius 3 is 2.76 bits per heavy atom. The summed E-state index contributed by atoms with van der Waals surface area (Å²) in [7, 11) is 1.44. The lowest BCUT2D eigenvalue weighted by Crippen LogP contribution is -2.47. The Morgan fingerprint density at radius 1 is 1.28 bits per heavy atom. The van der Waals surface area contributed by atoms with Gasteiger partial charge in [-0.1, -0.05) is 29.3 Å². The number of morpholine rings is 1. The van der Waals surface area contributed by atoms with Crippen molar-refractivity contribution in [1.82, 2.24) is 20.0 Å². The van der Waals surface area contributed by atoms with Crippen molar-refractivity contribution in [2.24, 2.45) is 0 Å². The minimum atomic E-state index is -0.364. The zero-order valence-corrected chi connectivity index (χ0v) is 17.7. The number of urea groups is 1. The molecule has 10 heteroatoms. The fourth-order valence-electron chi connectivity index (χ4n) is 3.33. The molecular formula is C19H24Cl2N4O4. The third-order valence-corrected chi connectivity index (χ3v) is 5.75. The molecule has 2 fully saturated rings. The van der Waals surface area contributed by atoms with E-state index in [1.807, 2.05) is 12.1 Å². The monoisotopic (exact) mass is 442 g/mol. The maximum atomic E-state index is 12.1. The number of hydrogen-bond acceptors (Lipinski definition) is 5. The molecule has 1 aromatic rings. The summed E-state index contributed by atoms with van der Waals surface area (Å²) < 4.78 is 5.74. The number of halogens is 2. The minimum Gasteiger partial charge on any atom is -0.374 e. The van der Waals surface area contributed by atoms with Crippen LogP contribution in [-0.4, -0.2) is 85.0 Å². The average Bonchev–Trinajstić information content (AvgIpc) is 2.94. The first-order valence-corrected chi connectivity index (χ1v) is 10.2. The Bertz CT molecular complexity index is 791. The van der Waals surface area contributed by atoms with E-state index in [2.05, 4.69) is 10.2 Å². The normalized spacial score (nSPS) is 20.4. The van der Waals surface area contributed by atoms with Gasteiger partial charge in [-0.2, -0.15) is 0 Å². The van der Waals surface area contributed by atoms with Gasteiger partial charge in [0.05, 0.1) is 22.8 Å². The number of imide groups is 1. The number of carbonyl (C=O) groups excluding carboxylic acids is 3. The molecule has 0 saturated carbocycles. The van der Waals surface area contributed by atoms with Crippen molar-refractivity contribution in [2.75, 3.05) is 46.4 Å². The number of carbonyl (C=O) groups is 3. The highest BCUT2D eigenvalue weighted by molar-refractivity contribution is 6.42. The second kappa shape index (κ2) is 9.75. The lowest BCUT2D eigenvalue weighted by atomic mass is 10.2. The van der Waals surface area contributed by atoms with Crippen molar-refractivity contribution in [2.45, 2.75) is 19.1 Å². The minimum absolute atomic E-state index is 0.0258. The van der Waals surface area contributed by atoms with Gasteiger partial charge >= 0.3 is 6.03 Å². The molecule has 29 heavy (non-hydrogen) atoms. The van der Waals surface area contributed by atoms with E-state index in [0.717, 1.165) is 23.6 Å². The summed E-state index contributed by atoms with van der Waals surface area (Å²) in [6.45, 7) is 3.42. The number of benzene rings is 1. The van der Waals surface area contributed by atoms with Gasteiger partial charge in [-0.25, -0.2) is 4.79 Å². The van der Waals surface area contributed by atoms with Crippen LogP contribution in [0.5, 0.6) is 0 Å². The Balaban J connectivity index is 1.40. The van der Waals surface area contributed by atoms with E-state index >= 15 is 0 Å². The maximum absolute atomic E-state index is 12.1. The molecule has 0 aliphatic carbocycles. The zero-order chi connectivity index (χ0) is 21.0. The van der Waals surface area contributed by atoms with Crippen LogP contribution >= 0.6 is 23.2 Å². The molecule has 0 radical (unpaired) electrons. The first-order chi connectivity index (χ1) is 13.8. The predicted octanol–water partition coefficient (Wildman–Crippen LogP) is 1.59. The van der Waals surface area contributed by atoms with Crippen molar-refractivity contribution in [3.05, 3.63) is 33.8 Å². The Morgan fingerprint density at radius 2 is 2.07 bits per heavy atom. The van der Waals surface area contributed by atoms with E-state index in [4.69, 9.17) is 27.9 Å². The summed E-state index contributed by atoms with van der Waals surface area (Å²) in [6.07, 6.45) is 0.0311. The van der Waals surface area contributed by atoms with Gasteiger partial charge in [-0.05, 0) is 17.7 Å². The molecule has 2 heterocycles. The van der Waals surface area contributed by atoms with Crippen LogP contribution in [0.3, 0.4) is 0 Å². The van der Waals surface area contributed by atoms with Crippen molar-refractivity contribution in [1.29, 1.82) is 0 Å². The quantitative estimate of drug-likeness (QED) is 0.648. The molecule has 0 aromatic heterocycles. The first kappa shape index (κ1) is 21.8. The van der Waals surface area contributed by atoms with E-state index in [0.29, 0.717) is 29.7 Å². The molecule has 8 nitrogen and oxygen atoms in total. The third kappa shape index (κ3) is 5.82. The number of likely N-dealkylation sites (N-methyl/N-ethyl adjacent to an activating group) is 1. The van der Waals surface area contributed by atoms with Crippen LogP contribution in [-0.2, 0) is 20.9 Å². The van der Waals surface area contributed by atoms with E-state index < -0.39 is 0 Å². The summed E-state index contributed by atoms with van der Waals surface area (Å²) >= 11 is 12.0. The molecule has 0 spiro atoms. The zero-order valence-electron chi connectivity index (χ0n) is 16.2. The Labute approximate surface area is 179 Å². The number of amides is 4. The molecule has 0 bridgehead atoms. The highest BCUT2D eigenvalue weighted by atomic mass is 35.5. The molecule has 2 aliphatic rings. The summed E-state index contributed by atoms with van der Waals surface area (Å²) in [5.41, 5.74) is 1.07. The number of ether oxygens (including phenoxy) is 1. The molecule has 1 aromatic carbocycles. The summed E-state index contributed by atoms with van der Waals surface area (Å²) in [5.74, 6) is -0.432. The second-order valence-corrected chi connectivity index (χ2v) is 8.00. The SMILES string of the molecule is CN1C(=O)CN(CCC(=O)NC[C@H]2CN(Cc3ccc(Cl)c(Cl)c3)CCO2)C1=O. The van der Waals surface area contributed by atoms with E-state index in [1.54, 1.807) is 6.07 Å². The highest BCUT2D eigenvalue weighted by Crippen LogP contribution is 2.23. The smallest absolute Gasteiger partial charge is 0.326 e. The van der Waals surface area contributed by atoms with Crippen LogP contribution in [0.2, 0.25) is 10.0 Å². The highest BCUT2D eigenvalue weighted by Gasteiger charge is 2.32. The van der Waals surface area contributed by atoms with Crippen LogP contribution in [0.1, 0.15) is 12.0 Å². The second-order valence-electron chi connectivity index (χ2n) is 7.19. The molecule has 0 unspecified atom stereocenters. The van der Waals surface area contributed by atoms with E-state index in [-0.39, 0.29) is 43.5 Å². The van der Waals surface area contributed by atoms with Gasteiger partial charge in [0.15, 0.2) is 0 Å². The number of nitrogens with zero attached hydrogens (tertiary/aromatic N) is 3. The van der Waals surface area contributed by atoms with Crippen LogP contribution < -0.4 is 5.32 Å². The molecule has 2 aliphatic heterocycles. The number of rotatable bonds is 7. The van der Waals surface area contributed by atoms with Crippen LogP contribution in [0.25, 0.3) is 0 Å². The number of hydrogen-bond donors (Lipinski definition) is 1. The summed E-state index contributed by atoms with van der Waals surface area (Å²) in [5, 5.41) is 3.91. The maximum Gasteiger partial charge on any atom is 0.326 e. The first-order valence-electron chi connectivity index (χ1n) is 9.43. The van der Waals surface area contributed by atoms with Crippen molar-refractivity contribution in [3.63, 3.8) is 0 Å². The average molecular weight is 443 g/mol. The van der Waals surface area contributed by atoms with Gasteiger partial charge in [-0.15, -0.1) is 0 Å². The molecule has 1 atom stereocenters. The lowest BCUT2D eigenvalue weighted by molar-refractivity contribution is -0.125. The van der Waals surface area contributed by atoms with Gasteiger partial charge in [0, 0.05) is 46.2 Å². The largest absolute Gasteiger partial charge is 0.374 e. The van der Waals surface area contributed by atoms with Gasteiger partial charge in [0.2, 0.25) is 11.8 Å². The van der Waals surface area contributed by atoms with Crippen LogP contribution in [0.15, 0.2) is 18.2 Å². The number of nitrogens with one attached hydrogen (secondary N) is 1. The molecule has 158 valence electrons.